The van der Waals surface area contributed by atoms with Gasteiger partial charge in [-0.05, 0) is 30.4 Å². The van der Waals surface area contributed by atoms with E-state index < -0.39 is 12.0 Å². The van der Waals surface area contributed by atoms with Crippen molar-refractivity contribution in [3.8, 4) is 0 Å². The Morgan fingerprint density at radius 3 is 2.70 bits per heavy atom. The molecular weight excluding hydrogens is 294 g/mol. The van der Waals surface area contributed by atoms with E-state index in [1.807, 2.05) is 30.3 Å². The minimum absolute atomic E-state index is 0.0381. The molecule has 0 N–H and O–H groups in total. The molecule has 5 nitrogen and oxygen atoms in total. The number of carbonyl (C=O) groups excluding carboxylic acids is 3. The molecular formula is C18H19NO4. The van der Waals surface area contributed by atoms with Crippen LogP contribution in [0.3, 0.4) is 0 Å². The lowest BCUT2D eigenvalue weighted by molar-refractivity contribution is -0.132. The predicted molar refractivity (Wildman–Crippen MR) is 83.6 cm³/mol. The number of hydrogen-bond acceptors (Lipinski definition) is 4. The van der Waals surface area contributed by atoms with Gasteiger partial charge in [-0.15, -0.1) is 0 Å². The monoisotopic (exact) mass is 313 g/mol. The van der Waals surface area contributed by atoms with Crippen molar-refractivity contribution < 1.29 is 19.1 Å². The molecule has 1 fully saturated rings. The van der Waals surface area contributed by atoms with Gasteiger partial charge in [0.25, 0.3) is 0 Å². The second kappa shape index (κ2) is 6.77. The molecule has 2 amide bonds. The Hall–Kier alpha value is -2.43. The van der Waals surface area contributed by atoms with Crippen molar-refractivity contribution in [2.45, 2.75) is 19.3 Å². The lowest BCUT2D eigenvalue weighted by atomic mass is 9.79. The van der Waals surface area contributed by atoms with Gasteiger partial charge in [-0.1, -0.05) is 36.4 Å². The van der Waals surface area contributed by atoms with Crippen molar-refractivity contribution >= 4 is 17.8 Å². The number of cyclic esters (lactones) is 1. The molecule has 1 aromatic rings. The lowest BCUT2D eigenvalue weighted by Crippen LogP contribution is -2.40. The number of benzene rings is 1. The molecule has 23 heavy (non-hydrogen) atoms. The third kappa shape index (κ3) is 3.50. The van der Waals surface area contributed by atoms with Crippen LogP contribution in [0.2, 0.25) is 0 Å². The summed E-state index contributed by atoms with van der Waals surface area (Å²) >= 11 is 0. The van der Waals surface area contributed by atoms with Crippen molar-refractivity contribution in [3.63, 3.8) is 0 Å². The molecule has 1 aliphatic carbocycles. The first kappa shape index (κ1) is 15.5. The molecule has 1 aromatic carbocycles. The van der Waals surface area contributed by atoms with Crippen LogP contribution in [-0.4, -0.2) is 35.8 Å². The fourth-order valence-electron chi connectivity index (χ4n) is 3.16. The van der Waals surface area contributed by atoms with E-state index in [1.54, 1.807) is 6.08 Å². The molecule has 0 bridgehead atoms. The fourth-order valence-corrected chi connectivity index (χ4v) is 3.16. The van der Waals surface area contributed by atoms with Crippen LogP contribution in [0.4, 0.5) is 4.79 Å². The zero-order chi connectivity index (χ0) is 16.2. The molecule has 1 aliphatic heterocycles. The highest BCUT2D eigenvalue weighted by atomic mass is 16.6. The Morgan fingerprint density at radius 1 is 1.22 bits per heavy atom. The Morgan fingerprint density at radius 2 is 2.00 bits per heavy atom. The van der Waals surface area contributed by atoms with Gasteiger partial charge < -0.3 is 4.74 Å². The van der Waals surface area contributed by atoms with Gasteiger partial charge in [-0.25, -0.2) is 9.69 Å². The van der Waals surface area contributed by atoms with Crippen molar-refractivity contribution in [3.05, 3.63) is 48.0 Å². The first-order valence-electron chi connectivity index (χ1n) is 7.88. The van der Waals surface area contributed by atoms with Gasteiger partial charge in [0.2, 0.25) is 5.91 Å². The first-order valence-corrected chi connectivity index (χ1v) is 7.88. The van der Waals surface area contributed by atoms with E-state index in [-0.39, 0.29) is 24.2 Å². The maximum Gasteiger partial charge on any atom is 0.416 e. The summed E-state index contributed by atoms with van der Waals surface area (Å²) in [5, 5.41) is 0. The summed E-state index contributed by atoms with van der Waals surface area (Å²) in [6, 6.07) is 9.99. The van der Waals surface area contributed by atoms with E-state index in [1.165, 1.54) is 11.6 Å². The van der Waals surface area contributed by atoms with Crippen LogP contribution < -0.4 is 0 Å². The molecule has 0 spiro atoms. The minimum Gasteiger partial charge on any atom is -0.447 e. The number of nitrogens with zero attached hydrogens (tertiary/aromatic N) is 1. The van der Waals surface area contributed by atoms with E-state index >= 15 is 0 Å². The maximum atomic E-state index is 12.6. The first-order chi connectivity index (χ1) is 11.1. The van der Waals surface area contributed by atoms with Crippen LogP contribution in [0.15, 0.2) is 42.5 Å². The number of aryl methyl sites for hydroxylation is 1. The SMILES string of the molecule is O=C1C=C[C@@H](C(=O)N2CCOC2=O)[C@H](CCc2ccccc2)C1. The summed E-state index contributed by atoms with van der Waals surface area (Å²) in [6.45, 7) is 0.538. The molecule has 0 aromatic heterocycles. The summed E-state index contributed by atoms with van der Waals surface area (Å²) in [6.07, 6.45) is 4.42. The summed E-state index contributed by atoms with van der Waals surface area (Å²) < 4.78 is 4.84. The third-order valence-corrected chi connectivity index (χ3v) is 4.42. The second-order valence-corrected chi connectivity index (χ2v) is 5.94. The van der Waals surface area contributed by atoms with Crippen molar-refractivity contribution in [1.29, 1.82) is 0 Å². The second-order valence-electron chi connectivity index (χ2n) is 5.94. The van der Waals surface area contributed by atoms with Crippen LogP contribution >= 0.6 is 0 Å². The number of allylic oxidation sites excluding steroid dienone is 1. The van der Waals surface area contributed by atoms with Gasteiger partial charge in [0.15, 0.2) is 5.78 Å². The summed E-state index contributed by atoms with van der Waals surface area (Å²) in [7, 11) is 0. The van der Waals surface area contributed by atoms with Crippen molar-refractivity contribution in [2.24, 2.45) is 11.8 Å². The molecule has 0 unspecified atom stereocenters. The van der Waals surface area contributed by atoms with Crippen LogP contribution in [-0.2, 0) is 20.7 Å². The molecule has 1 saturated heterocycles. The van der Waals surface area contributed by atoms with E-state index in [4.69, 9.17) is 4.74 Å². The van der Waals surface area contributed by atoms with E-state index in [2.05, 4.69) is 0 Å². The fraction of sp³-hybridized carbons (Fsp3) is 0.389. The Labute approximate surface area is 134 Å². The molecule has 1 heterocycles. The normalized spacial score (nSPS) is 23.9. The largest absolute Gasteiger partial charge is 0.447 e. The number of ketones is 1. The minimum atomic E-state index is -0.581. The van der Waals surface area contributed by atoms with Crippen LogP contribution in [0, 0.1) is 11.8 Å². The molecule has 3 rings (SSSR count). The van der Waals surface area contributed by atoms with Gasteiger partial charge in [0.1, 0.15) is 6.61 Å². The summed E-state index contributed by atoms with van der Waals surface area (Å²) in [4.78, 5) is 37.1. The average molecular weight is 313 g/mol. The summed E-state index contributed by atoms with van der Waals surface area (Å²) in [5.41, 5.74) is 1.18. The quantitative estimate of drug-likeness (QED) is 0.856. The Bertz CT molecular complexity index is 638. The highest BCUT2D eigenvalue weighted by Crippen LogP contribution is 2.30. The maximum absolute atomic E-state index is 12.6. The highest BCUT2D eigenvalue weighted by molar-refractivity contribution is 5.98. The van der Waals surface area contributed by atoms with Gasteiger partial charge in [0, 0.05) is 6.42 Å². The summed E-state index contributed by atoms with van der Waals surface area (Å²) in [5.74, 6) is -0.721. The van der Waals surface area contributed by atoms with Crippen molar-refractivity contribution in [2.75, 3.05) is 13.2 Å². The average Bonchev–Trinajstić information content (AvgIpc) is 2.99. The van der Waals surface area contributed by atoms with Crippen LogP contribution in [0.1, 0.15) is 18.4 Å². The lowest BCUT2D eigenvalue weighted by Gasteiger charge is -2.28. The molecule has 2 aliphatic rings. The number of amides is 2. The zero-order valence-electron chi connectivity index (χ0n) is 12.8. The van der Waals surface area contributed by atoms with Crippen LogP contribution in [0.25, 0.3) is 0 Å². The number of carbonyl (C=O) groups is 3. The molecule has 120 valence electrons. The molecule has 0 saturated carbocycles. The smallest absolute Gasteiger partial charge is 0.416 e. The zero-order valence-corrected chi connectivity index (χ0v) is 12.8. The standard InChI is InChI=1S/C18H19NO4/c20-15-8-9-16(17(21)19-10-11-23-18(19)22)14(12-15)7-6-13-4-2-1-3-5-13/h1-5,8-9,14,16H,6-7,10-12H2/t14-,16-/m1/s1. The van der Waals surface area contributed by atoms with Gasteiger partial charge in [-0.2, -0.15) is 0 Å². The molecule has 0 radical (unpaired) electrons. The number of rotatable bonds is 4. The molecule has 5 heteroatoms. The van der Waals surface area contributed by atoms with Gasteiger partial charge >= 0.3 is 6.09 Å². The Balaban J connectivity index is 1.71. The topological polar surface area (TPSA) is 63.7 Å². The number of hydrogen-bond donors (Lipinski definition) is 0. The van der Waals surface area contributed by atoms with Crippen LogP contribution in [0.5, 0.6) is 0 Å². The number of imide groups is 1. The van der Waals surface area contributed by atoms with Crippen molar-refractivity contribution in [1.82, 2.24) is 4.90 Å². The number of ether oxygens (including phenoxy) is 1. The van der Waals surface area contributed by atoms with E-state index in [9.17, 15) is 14.4 Å². The van der Waals surface area contributed by atoms with E-state index in [0.717, 1.165) is 17.7 Å². The third-order valence-electron chi connectivity index (χ3n) is 4.42. The molecule has 2 atom stereocenters. The van der Waals surface area contributed by atoms with Gasteiger partial charge in [-0.3, -0.25) is 9.59 Å². The van der Waals surface area contributed by atoms with E-state index in [0.29, 0.717) is 13.0 Å². The predicted octanol–water partition coefficient (Wildman–Crippen LogP) is 2.36. The van der Waals surface area contributed by atoms with Gasteiger partial charge in [0.05, 0.1) is 12.5 Å². The Kier molecular flexibility index (Phi) is 4.55. The highest BCUT2D eigenvalue weighted by Gasteiger charge is 2.38.